The number of aliphatic hydroxyl groups excluding tert-OH is 1. The third-order valence-electron chi connectivity index (χ3n) is 4.11. The van der Waals surface area contributed by atoms with Crippen molar-refractivity contribution in [3.05, 3.63) is 34.9 Å². The molecule has 19 heavy (non-hydrogen) atoms. The Hall–Kier alpha value is -0.900. The van der Waals surface area contributed by atoms with Gasteiger partial charge in [0, 0.05) is 18.6 Å². The molecule has 3 heteroatoms. The first-order chi connectivity index (χ1) is 9.10. The highest BCUT2D eigenvalue weighted by Crippen LogP contribution is 2.21. The summed E-state index contributed by atoms with van der Waals surface area (Å²) in [4.78, 5) is 2.38. The fourth-order valence-corrected chi connectivity index (χ4v) is 3.09. The van der Waals surface area contributed by atoms with Crippen LogP contribution in [0.15, 0.2) is 18.2 Å². The van der Waals surface area contributed by atoms with Crippen LogP contribution in [0.3, 0.4) is 0 Å². The normalized spacial score (nSPS) is 21.8. The zero-order valence-electron chi connectivity index (χ0n) is 12.1. The first-order valence-corrected chi connectivity index (χ1v) is 7.29. The van der Waals surface area contributed by atoms with Crippen LogP contribution >= 0.6 is 0 Å². The first kappa shape index (κ1) is 14.5. The Labute approximate surface area is 116 Å². The van der Waals surface area contributed by atoms with Gasteiger partial charge in [0.1, 0.15) is 0 Å². The minimum atomic E-state index is 0.0959. The average Bonchev–Trinajstić information content (AvgIpc) is 2.82. The number of nitrogens with two attached hydrogens (primary N) is 1. The molecule has 0 aromatic heterocycles. The molecule has 1 aliphatic heterocycles. The highest BCUT2D eigenvalue weighted by Gasteiger charge is 2.23. The van der Waals surface area contributed by atoms with E-state index in [0.717, 1.165) is 25.9 Å². The molecule has 1 aliphatic rings. The van der Waals surface area contributed by atoms with Crippen molar-refractivity contribution in [3.63, 3.8) is 0 Å². The molecule has 3 nitrogen and oxygen atoms in total. The van der Waals surface area contributed by atoms with Crippen molar-refractivity contribution in [3.8, 4) is 0 Å². The molecule has 2 unspecified atom stereocenters. The lowest BCUT2D eigenvalue weighted by Crippen LogP contribution is -2.34. The number of aliphatic hydroxyl groups is 1. The lowest BCUT2D eigenvalue weighted by molar-refractivity contribution is 0.155. The minimum Gasteiger partial charge on any atom is -0.395 e. The Kier molecular flexibility index (Phi) is 4.97. The van der Waals surface area contributed by atoms with Gasteiger partial charge in [-0.25, -0.2) is 0 Å². The second kappa shape index (κ2) is 6.51. The van der Waals surface area contributed by atoms with Crippen molar-refractivity contribution in [1.82, 2.24) is 4.90 Å². The molecule has 1 fully saturated rings. The predicted octanol–water partition coefficient (Wildman–Crippen LogP) is 2.15. The third-order valence-corrected chi connectivity index (χ3v) is 4.11. The minimum absolute atomic E-state index is 0.0959. The van der Waals surface area contributed by atoms with Crippen LogP contribution in [0, 0.1) is 13.8 Å². The molecule has 2 atom stereocenters. The Balaban J connectivity index is 1.91. The summed E-state index contributed by atoms with van der Waals surface area (Å²) in [5, 5.41) is 9.32. The van der Waals surface area contributed by atoms with Crippen LogP contribution < -0.4 is 5.73 Å². The quantitative estimate of drug-likeness (QED) is 0.855. The zero-order chi connectivity index (χ0) is 13.8. The zero-order valence-corrected chi connectivity index (χ0v) is 12.1. The van der Waals surface area contributed by atoms with Gasteiger partial charge in [-0.2, -0.15) is 0 Å². The summed E-state index contributed by atoms with van der Waals surface area (Å²) in [7, 11) is 0. The number of hydrogen-bond acceptors (Lipinski definition) is 3. The van der Waals surface area contributed by atoms with Crippen molar-refractivity contribution in [2.45, 2.75) is 45.2 Å². The number of nitrogens with zero attached hydrogens (tertiary/aromatic N) is 1. The summed E-state index contributed by atoms with van der Waals surface area (Å²) < 4.78 is 0. The van der Waals surface area contributed by atoms with Gasteiger partial charge in [0.25, 0.3) is 0 Å². The second-order valence-electron chi connectivity index (χ2n) is 5.83. The molecular weight excluding hydrogens is 236 g/mol. The van der Waals surface area contributed by atoms with Crippen molar-refractivity contribution >= 4 is 0 Å². The molecule has 1 aromatic carbocycles. The van der Waals surface area contributed by atoms with Gasteiger partial charge < -0.3 is 10.8 Å². The van der Waals surface area contributed by atoms with Crippen LogP contribution in [0.2, 0.25) is 0 Å². The molecular formula is C16H26N2O. The molecule has 0 aliphatic carbocycles. The van der Waals surface area contributed by atoms with Crippen LogP contribution in [-0.4, -0.2) is 35.7 Å². The van der Waals surface area contributed by atoms with Crippen molar-refractivity contribution < 1.29 is 5.11 Å². The van der Waals surface area contributed by atoms with Crippen LogP contribution in [0.1, 0.15) is 42.0 Å². The van der Waals surface area contributed by atoms with Gasteiger partial charge in [0.05, 0.1) is 6.61 Å². The maximum absolute atomic E-state index is 9.32. The topological polar surface area (TPSA) is 49.5 Å². The van der Waals surface area contributed by atoms with E-state index in [1.165, 1.54) is 23.1 Å². The Morgan fingerprint density at radius 3 is 2.63 bits per heavy atom. The molecule has 0 saturated carbocycles. The largest absolute Gasteiger partial charge is 0.395 e. The summed E-state index contributed by atoms with van der Waals surface area (Å²) in [6.45, 7) is 6.60. The molecule has 1 heterocycles. The van der Waals surface area contributed by atoms with Gasteiger partial charge in [0.2, 0.25) is 0 Å². The van der Waals surface area contributed by atoms with E-state index in [2.05, 4.69) is 36.9 Å². The fourth-order valence-electron chi connectivity index (χ4n) is 3.09. The van der Waals surface area contributed by atoms with Crippen LogP contribution in [-0.2, 0) is 0 Å². The molecule has 0 bridgehead atoms. The van der Waals surface area contributed by atoms with E-state index in [9.17, 15) is 5.11 Å². The van der Waals surface area contributed by atoms with Gasteiger partial charge in [0.15, 0.2) is 0 Å². The summed E-state index contributed by atoms with van der Waals surface area (Å²) in [6, 6.07) is 7.00. The van der Waals surface area contributed by atoms with Gasteiger partial charge in [-0.15, -0.1) is 0 Å². The Morgan fingerprint density at radius 2 is 2.00 bits per heavy atom. The van der Waals surface area contributed by atoms with Crippen molar-refractivity contribution in [2.75, 3.05) is 19.7 Å². The highest BCUT2D eigenvalue weighted by atomic mass is 16.3. The Bertz CT molecular complexity index is 399. The van der Waals surface area contributed by atoms with E-state index in [4.69, 9.17) is 5.73 Å². The predicted molar refractivity (Wildman–Crippen MR) is 79.1 cm³/mol. The van der Waals surface area contributed by atoms with Gasteiger partial charge in [-0.3, -0.25) is 4.90 Å². The first-order valence-electron chi connectivity index (χ1n) is 7.29. The van der Waals surface area contributed by atoms with Crippen LogP contribution in [0.25, 0.3) is 0 Å². The lowest BCUT2D eigenvalue weighted by Gasteiger charge is -2.24. The van der Waals surface area contributed by atoms with E-state index in [1.54, 1.807) is 0 Å². The van der Waals surface area contributed by atoms with E-state index < -0.39 is 0 Å². The van der Waals surface area contributed by atoms with Gasteiger partial charge in [-0.05, 0) is 45.2 Å². The van der Waals surface area contributed by atoms with E-state index in [-0.39, 0.29) is 12.6 Å². The van der Waals surface area contributed by atoms with Gasteiger partial charge >= 0.3 is 0 Å². The number of aryl methyl sites for hydroxylation is 2. The third kappa shape index (κ3) is 3.78. The number of hydrogen-bond donors (Lipinski definition) is 2. The lowest BCUT2D eigenvalue weighted by atomic mass is 9.99. The SMILES string of the molecule is Cc1cc(C)cc(C(N)CCN2CCCC2CO)c1. The molecule has 0 amide bonds. The van der Waals surface area contributed by atoms with Crippen molar-refractivity contribution in [1.29, 1.82) is 0 Å². The number of likely N-dealkylation sites (tertiary alicyclic amines) is 1. The maximum atomic E-state index is 9.32. The number of rotatable bonds is 5. The summed E-state index contributed by atoms with van der Waals surface area (Å²) >= 11 is 0. The molecule has 2 rings (SSSR count). The van der Waals surface area contributed by atoms with E-state index in [1.807, 2.05) is 0 Å². The Morgan fingerprint density at radius 1 is 1.32 bits per heavy atom. The summed E-state index contributed by atoms with van der Waals surface area (Å²) in [5.41, 5.74) is 10.1. The van der Waals surface area contributed by atoms with Crippen LogP contribution in [0.5, 0.6) is 0 Å². The summed E-state index contributed by atoms with van der Waals surface area (Å²) in [6.07, 6.45) is 3.28. The van der Waals surface area contributed by atoms with Crippen LogP contribution in [0.4, 0.5) is 0 Å². The highest BCUT2D eigenvalue weighted by molar-refractivity contribution is 5.30. The van der Waals surface area contributed by atoms with Gasteiger partial charge in [-0.1, -0.05) is 29.3 Å². The number of benzene rings is 1. The smallest absolute Gasteiger partial charge is 0.0586 e. The molecule has 0 spiro atoms. The van der Waals surface area contributed by atoms with E-state index >= 15 is 0 Å². The maximum Gasteiger partial charge on any atom is 0.0586 e. The fraction of sp³-hybridized carbons (Fsp3) is 0.625. The average molecular weight is 262 g/mol. The molecule has 1 saturated heterocycles. The molecule has 0 radical (unpaired) electrons. The standard InChI is InChI=1S/C16H26N2O/c1-12-8-13(2)10-14(9-12)16(17)5-7-18-6-3-4-15(18)11-19/h8-10,15-16,19H,3-7,11,17H2,1-2H3. The molecule has 1 aromatic rings. The molecule has 106 valence electrons. The molecule has 3 N–H and O–H groups in total. The summed E-state index contributed by atoms with van der Waals surface area (Å²) in [5.74, 6) is 0. The van der Waals surface area contributed by atoms with E-state index in [0.29, 0.717) is 6.04 Å². The van der Waals surface area contributed by atoms with Crippen molar-refractivity contribution in [2.24, 2.45) is 5.73 Å². The second-order valence-corrected chi connectivity index (χ2v) is 5.83. The monoisotopic (exact) mass is 262 g/mol.